The fourth-order valence-electron chi connectivity index (χ4n) is 2.08. The molecule has 1 aromatic carbocycles. The lowest BCUT2D eigenvalue weighted by molar-refractivity contribution is 0.245. The Morgan fingerprint density at radius 3 is 2.67 bits per heavy atom. The smallest absolute Gasteiger partial charge is 0.174 e. The molecule has 1 N–H and O–H groups in total. The quantitative estimate of drug-likeness (QED) is 0.848. The van der Waals surface area contributed by atoms with Gasteiger partial charge in [0.05, 0.1) is 5.69 Å². The summed E-state index contributed by atoms with van der Waals surface area (Å²) in [6.45, 7) is 9.35. The average molecular weight is 353 g/mol. The van der Waals surface area contributed by atoms with Gasteiger partial charge in [-0.3, -0.25) is 0 Å². The van der Waals surface area contributed by atoms with Gasteiger partial charge in [0.2, 0.25) is 0 Å². The van der Waals surface area contributed by atoms with Crippen LogP contribution in [0.15, 0.2) is 27.2 Å². The summed E-state index contributed by atoms with van der Waals surface area (Å²) in [4.78, 5) is 0. The summed E-state index contributed by atoms with van der Waals surface area (Å²) in [6.07, 6.45) is 0. The molecule has 0 fully saturated rings. The molecule has 0 aliphatic rings. The van der Waals surface area contributed by atoms with E-state index in [1.54, 1.807) is 0 Å². The molecule has 0 atom stereocenters. The Bertz CT molecular complexity index is 608. The van der Waals surface area contributed by atoms with Gasteiger partial charge in [-0.15, -0.1) is 0 Å². The van der Waals surface area contributed by atoms with Crippen LogP contribution in [0.1, 0.15) is 36.4 Å². The third kappa shape index (κ3) is 4.58. The van der Waals surface area contributed by atoms with Gasteiger partial charge < -0.3 is 14.6 Å². The van der Waals surface area contributed by atoms with Crippen LogP contribution in [0, 0.1) is 13.8 Å². The van der Waals surface area contributed by atoms with Crippen LogP contribution in [-0.2, 0) is 13.2 Å². The fourth-order valence-corrected chi connectivity index (χ4v) is 2.70. The number of nitrogens with zero attached hydrogens (tertiary/aromatic N) is 1. The number of benzene rings is 1. The molecule has 4 nitrogen and oxygen atoms in total. The van der Waals surface area contributed by atoms with Crippen LogP contribution in [0.25, 0.3) is 0 Å². The molecule has 0 saturated carbocycles. The van der Waals surface area contributed by atoms with Gasteiger partial charge in [0, 0.05) is 28.7 Å². The van der Waals surface area contributed by atoms with E-state index in [-0.39, 0.29) is 0 Å². The number of hydrogen-bond acceptors (Lipinski definition) is 4. The van der Waals surface area contributed by atoms with Crippen LogP contribution >= 0.6 is 15.9 Å². The van der Waals surface area contributed by atoms with Crippen LogP contribution in [0.5, 0.6) is 5.75 Å². The second-order valence-electron chi connectivity index (χ2n) is 5.47. The Kier molecular flexibility index (Phi) is 5.42. The van der Waals surface area contributed by atoms with Gasteiger partial charge in [-0.25, -0.2) is 0 Å². The van der Waals surface area contributed by atoms with Crippen LogP contribution in [0.3, 0.4) is 0 Å². The minimum atomic E-state index is 0.387. The number of aryl methyl sites for hydroxylation is 2. The summed E-state index contributed by atoms with van der Waals surface area (Å²) >= 11 is 3.54. The van der Waals surface area contributed by atoms with Gasteiger partial charge in [0.15, 0.2) is 5.76 Å². The zero-order chi connectivity index (χ0) is 15.4. The summed E-state index contributed by atoms with van der Waals surface area (Å²) in [6, 6.07) is 6.46. The van der Waals surface area contributed by atoms with Crippen molar-refractivity contribution in [2.45, 2.75) is 46.9 Å². The van der Waals surface area contributed by atoms with E-state index < -0.39 is 0 Å². The minimum absolute atomic E-state index is 0.387. The zero-order valence-corrected chi connectivity index (χ0v) is 14.5. The molecule has 0 saturated heterocycles. The molecule has 114 valence electrons. The average Bonchev–Trinajstić information content (AvgIpc) is 2.80. The van der Waals surface area contributed by atoms with Crippen molar-refractivity contribution in [3.05, 3.63) is 45.3 Å². The molecule has 0 unspecified atom stereocenters. The predicted molar refractivity (Wildman–Crippen MR) is 86.4 cm³/mol. The molecule has 0 aliphatic heterocycles. The first-order chi connectivity index (χ1) is 9.95. The van der Waals surface area contributed by atoms with E-state index in [9.17, 15) is 0 Å². The van der Waals surface area contributed by atoms with Crippen molar-refractivity contribution in [2.24, 2.45) is 0 Å². The Balaban J connectivity index is 2.15. The standard InChI is InChI=1S/C16H21BrN2O2/c1-10(2)18-8-13-7-14(17)5-11(3)16(13)20-9-15-6-12(4)19-21-15/h5-7,10,18H,8-9H2,1-4H3. The third-order valence-electron chi connectivity index (χ3n) is 3.05. The summed E-state index contributed by atoms with van der Waals surface area (Å²) in [5.74, 6) is 1.64. The number of hydrogen-bond donors (Lipinski definition) is 1. The number of nitrogens with one attached hydrogen (secondary N) is 1. The van der Waals surface area contributed by atoms with E-state index in [4.69, 9.17) is 9.26 Å². The Morgan fingerprint density at radius 2 is 2.05 bits per heavy atom. The SMILES string of the molecule is Cc1cc(COc2c(C)cc(Br)cc2CNC(C)C)on1. The van der Waals surface area contributed by atoms with Crippen molar-refractivity contribution in [2.75, 3.05) is 0 Å². The molecule has 2 aromatic rings. The maximum Gasteiger partial charge on any atom is 0.174 e. The first-order valence-corrected chi connectivity index (χ1v) is 7.82. The van der Waals surface area contributed by atoms with E-state index in [0.717, 1.165) is 39.3 Å². The Morgan fingerprint density at radius 1 is 1.29 bits per heavy atom. The molecular formula is C16H21BrN2O2. The van der Waals surface area contributed by atoms with Crippen molar-refractivity contribution in [3.63, 3.8) is 0 Å². The molecular weight excluding hydrogens is 332 g/mol. The van der Waals surface area contributed by atoms with E-state index in [0.29, 0.717) is 12.6 Å². The first kappa shape index (κ1) is 16.0. The summed E-state index contributed by atoms with van der Waals surface area (Å²) in [5.41, 5.74) is 3.09. The molecule has 1 heterocycles. The molecule has 0 aliphatic carbocycles. The van der Waals surface area contributed by atoms with Gasteiger partial charge in [-0.2, -0.15) is 0 Å². The topological polar surface area (TPSA) is 47.3 Å². The van der Waals surface area contributed by atoms with E-state index in [1.807, 2.05) is 19.9 Å². The maximum atomic E-state index is 5.96. The van der Waals surface area contributed by atoms with Crippen LogP contribution in [-0.4, -0.2) is 11.2 Å². The summed E-state index contributed by atoms with van der Waals surface area (Å²) in [7, 11) is 0. The zero-order valence-electron chi connectivity index (χ0n) is 12.9. The number of aromatic nitrogens is 1. The minimum Gasteiger partial charge on any atom is -0.485 e. The predicted octanol–water partition coefficient (Wildman–Crippen LogP) is 4.13. The number of halogens is 1. The maximum absolute atomic E-state index is 5.96. The van der Waals surface area contributed by atoms with Gasteiger partial charge in [0.25, 0.3) is 0 Å². The van der Waals surface area contributed by atoms with Crippen LogP contribution in [0.4, 0.5) is 0 Å². The molecule has 1 aromatic heterocycles. The molecule has 2 rings (SSSR count). The van der Waals surface area contributed by atoms with Gasteiger partial charge >= 0.3 is 0 Å². The lowest BCUT2D eigenvalue weighted by atomic mass is 10.1. The van der Waals surface area contributed by atoms with Gasteiger partial charge in [0.1, 0.15) is 12.4 Å². The monoisotopic (exact) mass is 352 g/mol. The van der Waals surface area contributed by atoms with E-state index >= 15 is 0 Å². The van der Waals surface area contributed by atoms with Crippen molar-refractivity contribution >= 4 is 15.9 Å². The highest BCUT2D eigenvalue weighted by Gasteiger charge is 2.11. The number of rotatable bonds is 6. The highest BCUT2D eigenvalue weighted by atomic mass is 79.9. The molecule has 0 spiro atoms. The van der Waals surface area contributed by atoms with Crippen molar-refractivity contribution in [1.82, 2.24) is 10.5 Å². The molecule has 0 bridgehead atoms. The second-order valence-corrected chi connectivity index (χ2v) is 6.39. The van der Waals surface area contributed by atoms with Crippen LogP contribution < -0.4 is 10.1 Å². The fraction of sp³-hybridized carbons (Fsp3) is 0.438. The van der Waals surface area contributed by atoms with E-state index in [1.165, 1.54) is 0 Å². The number of ether oxygens (including phenoxy) is 1. The molecule has 0 radical (unpaired) electrons. The normalized spacial score (nSPS) is 11.1. The second kappa shape index (κ2) is 7.09. The molecule has 0 amide bonds. The largest absolute Gasteiger partial charge is 0.485 e. The highest BCUT2D eigenvalue weighted by Crippen LogP contribution is 2.29. The first-order valence-electron chi connectivity index (χ1n) is 7.03. The van der Waals surface area contributed by atoms with E-state index in [2.05, 4.69) is 52.4 Å². The molecule has 5 heteroatoms. The van der Waals surface area contributed by atoms with Crippen LogP contribution in [0.2, 0.25) is 0 Å². The summed E-state index contributed by atoms with van der Waals surface area (Å²) in [5, 5.41) is 7.29. The Labute approximate surface area is 134 Å². The lowest BCUT2D eigenvalue weighted by Crippen LogP contribution is -2.22. The van der Waals surface area contributed by atoms with Crippen molar-refractivity contribution in [1.29, 1.82) is 0 Å². The van der Waals surface area contributed by atoms with Gasteiger partial charge in [-0.05, 0) is 31.5 Å². The van der Waals surface area contributed by atoms with Crippen molar-refractivity contribution < 1.29 is 9.26 Å². The van der Waals surface area contributed by atoms with Crippen molar-refractivity contribution in [3.8, 4) is 5.75 Å². The third-order valence-corrected chi connectivity index (χ3v) is 3.51. The summed E-state index contributed by atoms with van der Waals surface area (Å²) < 4.78 is 12.2. The Hall–Kier alpha value is -1.33. The highest BCUT2D eigenvalue weighted by molar-refractivity contribution is 9.10. The molecule has 21 heavy (non-hydrogen) atoms. The van der Waals surface area contributed by atoms with Gasteiger partial charge in [-0.1, -0.05) is 34.9 Å². The lowest BCUT2D eigenvalue weighted by Gasteiger charge is -2.16.